The highest BCUT2D eigenvalue weighted by atomic mass is 35.5. The van der Waals surface area contributed by atoms with Crippen LogP contribution in [0.25, 0.3) is 10.6 Å². The lowest BCUT2D eigenvalue weighted by molar-refractivity contribution is 0.102. The van der Waals surface area contributed by atoms with Crippen molar-refractivity contribution in [2.24, 2.45) is 0 Å². The van der Waals surface area contributed by atoms with Crippen LogP contribution in [-0.4, -0.2) is 25.1 Å². The van der Waals surface area contributed by atoms with Crippen molar-refractivity contribution in [3.05, 3.63) is 57.0 Å². The van der Waals surface area contributed by atoms with Crippen LogP contribution in [0.1, 0.15) is 15.4 Å². The quantitative estimate of drug-likeness (QED) is 0.572. The zero-order valence-corrected chi connectivity index (χ0v) is 17.1. The minimum Gasteiger partial charge on any atom is -0.495 e. The van der Waals surface area contributed by atoms with E-state index >= 15 is 0 Å². The van der Waals surface area contributed by atoms with Gasteiger partial charge in [0.1, 0.15) is 21.4 Å². The summed E-state index contributed by atoms with van der Waals surface area (Å²) in [5, 5.41) is 4.53. The number of rotatable bonds is 5. The van der Waals surface area contributed by atoms with Gasteiger partial charge in [0.05, 0.1) is 30.6 Å². The molecule has 0 aliphatic carbocycles. The molecule has 140 valence electrons. The van der Waals surface area contributed by atoms with Gasteiger partial charge in [0.2, 0.25) is 0 Å². The summed E-state index contributed by atoms with van der Waals surface area (Å²) in [6.45, 7) is 1.79. The summed E-state index contributed by atoms with van der Waals surface area (Å²) in [4.78, 5) is 17.8. The van der Waals surface area contributed by atoms with Crippen molar-refractivity contribution in [1.29, 1.82) is 0 Å². The number of amides is 1. The van der Waals surface area contributed by atoms with Crippen LogP contribution in [0.3, 0.4) is 0 Å². The van der Waals surface area contributed by atoms with Crippen molar-refractivity contribution in [2.75, 3.05) is 19.5 Å². The second-order valence-corrected chi connectivity index (χ2v) is 7.43. The van der Waals surface area contributed by atoms with Crippen molar-refractivity contribution in [3.8, 4) is 22.1 Å². The summed E-state index contributed by atoms with van der Waals surface area (Å²) in [6, 6.07) is 10.6. The fraction of sp³-hybridized carbons (Fsp3) is 0.158. The molecule has 0 atom stereocenters. The molecule has 0 fully saturated rings. The van der Waals surface area contributed by atoms with Crippen LogP contribution in [-0.2, 0) is 0 Å². The molecule has 3 aromatic rings. The minimum absolute atomic E-state index is 0.294. The smallest absolute Gasteiger partial charge is 0.267 e. The number of aromatic nitrogens is 1. The number of anilines is 1. The molecule has 1 amide bonds. The maximum Gasteiger partial charge on any atom is 0.267 e. The Bertz CT molecular complexity index is 1000. The van der Waals surface area contributed by atoms with Gasteiger partial charge in [-0.2, -0.15) is 0 Å². The van der Waals surface area contributed by atoms with Gasteiger partial charge in [-0.05, 0) is 25.1 Å². The highest BCUT2D eigenvalue weighted by molar-refractivity contribution is 7.17. The number of carbonyl (C=O) groups is 1. The number of thiazole rings is 1. The standard InChI is InChI=1S/C19H16Cl2N2O3S/c1-10-17(27-19(22-10)11-5-4-6-12(20)7-11)18(24)23-14-8-13(21)15(25-2)9-16(14)26-3/h4-9H,1-3H3,(H,23,24). The molecule has 8 heteroatoms. The molecule has 3 rings (SSSR count). The molecule has 0 bridgehead atoms. The average Bonchev–Trinajstić information content (AvgIpc) is 3.04. The van der Waals surface area contributed by atoms with Crippen LogP contribution in [0.4, 0.5) is 5.69 Å². The monoisotopic (exact) mass is 422 g/mol. The summed E-state index contributed by atoms with van der Waals surface area (Å²) in [5.74, 6) is 0.614. The summed E-state index contributed by atoms with van der Waals surface area (Å²) in [7, 11) is 3.02. The van der Waals surface area contributed by atoms with E-state index in [1.807, 2.05) is 18.2 Å². The van der Waals surface area contributed by atoms with Gasteiger partial charge in [-0.3, -0.25) is 4.79 Å². The number of hydrogen-bond acceptors (Lipinski definition) is 5. The fourth-order valence-electron chi connectivity index (χ4n) is 2.49. The molecule has 1 heterocycles. The molecule has 1 aromatic heterocycles. The first-order valence-corrected chi connectivity index (χ1v) is 9.46. The number of methoxy groups -OCH3 is 2. The highest BCUT2D eigenvalue weighted by Gasteiger charge is 2.19. The van der Waals surface area contributed by atoms with Gasteiger partial charge < -0.3 is 14.8 Å². The molecule has 0 saturated heterocycles. The Morgan fingerprint density at radius 2 is 1.85 bits per heavy atom. The molecule has 1 N–H and O–H groups in total. The third kappa shape index (κ3) is 4.18. The number of aryl methyl sites for hydroxylation is 1. The maximum absolute atomic E-state index is 12.8. The lowest BCUT2D eigenvalue weighted by Crippen LogP contribution is -2.12. The van der Waals surface area contributed by atoms with E-state index in [0.717, 1.165) is 10.6 Å². The maximum atomic E-state index is 12.8. The zero-order chi connectivity index (χ0) is 19.6. The normalized spacial score (nSPS) is 10.6. The van der Waals surface area contributed by atoms with Crippen molar-refractivity contribution in [1.82, 2.24) is 4.98 Å². The Morgan fingerprint density at radius 3 is 2.52 bits per heavy atom. The lowest BCUT2D eigenvalue weighted by Gasteiger charge is -2.12. The molecule has 0 aliphatic heterocycles. The van der Waals surface area contributed by atoms with Gasteiger partial charge in [0.25, 0.3) is 5.91 Å². The summed E-state index contributed by atoms with van der Waals surface area (Å²) < 4.78 is 10.5. The molecule has 0 radical (unpaired) electrons. The molecule has 5 nitrogen and oxygen atoms in total. The van der Waals surface area contributed by atoms with Crippen molar-refractivity contribution < 1.29 is 14.3 Å². The average molecular weight is 423 g/mol. The molecule has 0 saturated carbocycles. The first-order valence-electron chi connectivity index (χ1n) is 7.89. The molecular formula is C19H16Cl2N2O3S. The fourth-order valence-corrected chi connectivity index (χ4v) is 3.88. The Morgan fingerprint density at radius 1 is 1.11 bits per heavy atom. The number of nitrogens with zero attached hydrogens (tertiary/aromatic N) is 1. The molecule has 2 aromatic carbocycles. The van der Waals surface area contributed by atoms with Gasteiger partial charge in [-0.1, -0.05) is 35.3 Å². The van der Waals surface area contributed by atoms with Crippen molar-refractivity contribution >= 4 is 46.1 Å². The summed E-state index contributed by atoms with van der Waals surface area (Å²) >= 11 is 13.5. The number of halogens is 2. The first-order chi connectivity index (χ1) is 12.9. The van der Waals surface area contributed by atoms with Crippen molar-refractivity contribution in [2.45, 2.75) is 6.92 Å². The van der Waals surface area contributed by atoms with Crippen molar-refractivity contribution in [3.63, 3.8) is 0 Å². The van der Waals surface area contributed by atoms with Gasteiger partial charge in [0, 0.05) is 16.7 Å². The van der Waals surface area contributed by atoms with Crippen LogP contribution < -0.4 is 14.8 Å². The minimum atomic E-state index is -0.294. The Labute approximate surface area is 170 Å². The topological polar surface area (TPSA) is 60.5 Å². The van der Waals surface area contributed by atoms with Crippen LogP contribution in [0.15, 0.2) is 36.4 Å². The van der Waals surface area contributed by atoms with Gasteiger partial charge >= 0.3 is 0 Å². The number of nitrogens with one attached hydrogen (secondary N) is 1. The van der Waals surface area contributed by atoms with E-state index in [-0.39, 0.29) is 5.91 Å². The number of benzene rings is 2. The van der Waals surface area contributed by atoms with E-state index in [1.54, 1.807) is 25.1 Å². The predicted octanol–water partition coefficient (Wildman–Crippen LogP) is 5.69. The van der Waals surface area contributed by atoms with E-state index in [1.165, 1.54) is 25.6 Å². The second-order valence-electron chi connectivity index (χ2n) is 5.59. The van der Waals surface area contributed by atoms with E-state index in [9.17, 15) is 4.79 Å². The Kier molecular flexibility index (Phi) is 5.89. The first kappa shape index (κ1) is 19.5. The van der Waals surface area contributed by atoms with Gasteiger partial charge in [-0.15, -0.1) is 11.3 Å². The van der Waals surface area contributed by atoms with Crippen LogP contribution in [0.5, 0.6) is 11.5 Å². The third-order valence-corrected chi connectivity index (χ3v) is 5.53. The molecule has 0 aliphatic rings. The molecular weight excluding hydrogens is 407 g/mol. The largest absolute Gasteiger partial charge is 0.495 e. The predicted molar refractivity (Wildman–Crippen MR) is 110 cm³/mol. The van der Waals surface area contributed by atoms with E-state index in [4.69, 9.17) is 32.7 Å². The highest BCUT2D eigenvalue weighted by Crippen LogP contribution is 2.37. The van der Waals surface area contributed by atoms with Crippen LogP contribution in [0.2, 0.25) is 10.0 Å². The number of ether oxygens (including phenoxy) is 2. The molecule has 0 unspecified atom stereocenters. The Hall–Kier alpha value is -2.28. The Balaban J connectivity index is 1.90. The van der Waals surface area contributed by atoms with E-state index < -0.39 is 0 Å². The van der Waals surface area contributed by atoms with Gasteiger partial charge in [-0.25, -0.2) is 4.98 Å². The van der Waals surface area contributed by atoms with E-state index in [2.05, 4.69) is 10.3 Å². The SMILES string of the molecule is COc1cc(OC)c(NC(=O)c2sc(-c3cccc(Cl)c3)nc2C)cc1Cl. The molecule has 0 spiro atoms. The lowest BCUT2D eigenvalue weighted by atomic mass is 10.2. The second kappa shape index (κ2) is 8.17. The van der Waals surface area contributed by atoms with Crippen LogP contribution >= 0.6 is 34.5 Å². The zero-order valence-electron chi connectivity index (χ0n) is 14.8. The third-order valence-electron chi connectivity index (χ3n) is 3.80. The number of carbonyl (C=O) groups excluding carboxylic acids is 1. The summed E-state index contributed by atoms with van der Waals surface area (Å²) in [6.07, 6.45) is 0. The van der Waals surface area contributed by atoms with Gasteiger partial charge in [0.15, 0.2) is 0 Å². The van der Waals surface area contributed by atoms with Crippen LogP contribution in [0, 0.1) is 6.92 Å². The summed E-state index contributed by atoms with van der Waals surface area (Å²) in [5.41, 5.74) is 1.94. The number of hydrogen-bond donors (Lipinski definition) is 1. The molecule has 27 heavy (non-hydrogen) atoms. The van der Waals surface area contributed by atoms with E-state index in [0.29, 0.717) is 37.8 Å².